The van der Waals surface area contributed by atoms with Crippen LogP contribution in [-0.2, 0) is 14.8 Å². The molecule has 2 N–H and O–H groups in total. The van der Waals surface area contributed by atoms with E-state index in [-0.39, 0.29) is 16.5 Å². The Bertz CT molecular complexity index is 564. The van der Waals surface area contributed by atoms with Crippen LogP contribution in [0.2, 0.25) is 5.02 Å². The van der Waals surface area contributed by atoms with Crippen molar-refractivity contribution in [3.8, 4) is 5.75 Å². The summed E-state index contributed by atoms with van der Waals surface area (Å²) in [5, 5.41) is 3.32. The fraction of sp³-hybridized carbons (Fsp3) is 0.538. The van der Waals surface area contributed by atoms with Crippen molar-refractivity contribution in [2.24, 2.45) is 0 Å². The Morgan fingerprint density at radius 1 is 1.19 bits per heavy atom. The molecule has 0 heterocycles. The normalized spacial score (nSPS) is 11.6. The van der Waals surface area contributed by atoms with Gasteiger partial charge in [0.1, 0.15) is 5.75 Å². The van der Waals surface area contributed by atoms with Crippen LogP contribution in [0.3, 0.4) is 0 Å². The molecule has 0 unspecified atom stereocenters. The lowest BCUT2D eigenvalue weighted by atomic mass is 10.2. The number of sulfonamides is 1. The van der Waals surface area contributed by atoms with Crippen LogP contribution in [0.25, 0.3) is 0 Å². The van der Waals surface area contributed by atoms with Crippen molar-refractivity contribution in [2.75, 3.05) is 40.5 Å². The highest BCUT2D eigenvalue weighted by Gasteiger charge is 2.18. The number of rotatable bonds is 9. The molecule has 6 nitrogen and oxygen atoms in total. The number of methoxy groups -OCH3 is 2. The van der Waals surface area contributed by atoms with Crippen LogP contribution in [0.5, 0.6) is 5.75 Å². The van der Waals surface area contributed by atoms with Gasteiger partial charge in [-0.3, -0.25) is 0 Å². The second-order valence-corrected chi connectivity index (χ2v) is 6.54. The molecule has 8 heteroatoms. The van der Waals surface area contributed by atoms with Gasteiger partial charge in [0.2, 0.25) is 10.0 Å². The summed E-state index contributed by atoms with van der Waals surface area (Å²) in [7, 11) is -0.496. The second-order valence-electron chi connectivity index (χ2n) is 4.39. The van der Waals surface area contributed by atoms with Crippen LogP contribution in [0, 0.1) is 6.92 Å². The molecule has 0 spiro atoms. The average molecular weight is 337 g/mol. The molecule has 0 saturated carbocycles. The first-order valence-corrected chi connectivity index (χ1v) is 8.32. The van der Waals surface area contributed by atoms with E-state index < -0.39 is 10.0 Å². The molecule has 1 rings (SSSR count). The molecular weight excluding hydrogens is 316 g/mol. The van der Waals surface area contributed by atoms with Crippen molar-refractivity contribution in [1.82, 2.24) is 10.0 Å². The molecule has 0 aliphatic heterocycles. The Balaban J connectivity index is 2.68. The highest BCUT2D eigenvalue weighted by molar-refractivity contribution is 7.89. The Labute approximate surface area is 130 Å². The summed E-state index contributed by atoms with van der Waals surface area (Å²) in [6.45, 7) is 3.76. The molecule has 0 radical (unpaired) electrons. The Morgan fingerprint density at radius 2 is 1.90 bits per heavy atom. The van der Waals surface area contributed by atoms with Gasteiger partial charge in [0.05, 0.1) is 23.6 Å². The predicted molar refractivity (Wildman–Crippen MR) is 82.7 cm³/mol. The van der Waals surface area contributed by atoms with Crippen LogP contribution in [0.1, 0.15) is 5.56 Å². The van der Waals surface area contributed by atoms with Gasteiger partial charge in [-0.2, -0.15) is 0 Å². The van der Waals surface area contributed by atoms with Crippen LogP contribution in [0.4, 0.5) is 0 Å². The molecule has 1 aromatic carbocycles. The maximum absolute atomic E-state index is 12.2. The third-order valence-corrected chi connectivity index (χ3v) is 4.71. The standard InChI is InChI=1S/C13H21ClN2O4S/c1-10-8-12(20-3)11(14)9-13(10)21(17,18)16-5-4-15-6-7-19-2/h8-9,15-16H,4-7H2,1-3H3. The van der Waals surface area contributed by atoms with E-state index in [1.807, 2.05) is 0 Å². The van der Waals surface area contributed by atoms with Crippen LogP contribution < -0.4 is 14.8 Å². The molecule has 0 saturated heterocycles. The van der Waals surface area contributed by atoms with Crippen LogP contribution >= 0.6 is 11.6 Å². The molecule has 0 aliphatic carbocycles. The summed E-state index contributed by atoms with van der Waals surface area (Å²) >= 11 is 5.98. The number of nitrogens with one attached hydrogen (secondary N) is 2. The monoisotopic (exact) mass is 336 g/mol. The van der Waals surface area contributed by atoms with Crippen LogP contribution in [-0.4, -0.2) is 48.9 Å². The number of benzene rings is 1. The van der Waals surface area contributed by atoms with Gasteiger partial charge < -0.3 is 14.8 Å². The topological polar surface area (TPSA) is 76.7 Å². The maximum Gasteiger partial charge on any atom is 0.240 e. The molecule has 0 atom stereocenters. The van der Waals surface area contributed by atoms with E-state index in [2.05, 4.69) is 10.0 Å². The lowest BCUT2D eigenvalue weighted by Crippen LogP contribution is -2.33. The van der Waals surface area contributed by atoms with E-state index in [9.17, 15) is 8.42 Å². The SMILES string of the molecule is COCCNCCNS(=O)(=O)c1cc(Cl)c(OC)cc1C. The molecule has 0 aromatic heterocycles. The zero-order valence-corrected chi connectivity index (χ0v) is 14.0. The zero-order valence-electron chi connectivity index (χ0n) is 12.4. The van der Waals surface area contributed by atoms with Gasteiger partial charge in [-0.05, 0) is 24.6 Å². The summed E-state index contributed by atoms with van der Waals surface area (Å²) in [5.41, 5.74) is 0.580. The quantitative estimate of drug-likeness (QED) is 0.662. The number of aryl methyl sites for hydroxylation is 1. The molecule has 120 valence electrons. The molecule has 0 fully saturated rings. The molecule has 21 heavy (non-hydrogen) atoms. The van der Waals surface area contributed by atoms with E-state index in [1.165, 1.54) is 13.2 Å². The van der Waals surface area contributed by atoms with Gasteiger partial charge in [0, 0.05) is 26.7 Å². The highest BCUT2D eigenvalue weighted by Crippen LogP contribution is 2.29. The Kier molecular flexibility index (Phi) is 7.41. The van der Waals surface area contributed by atoms with Gasteiger partial charge in [-0.1, -0.05) is 11.6 Å². The van der Waals surface area contributed by atoms with E-state index in [0.717, 1.165) is 0 Å². The summed E-state index contributed by atoms with van der Waals surface area (Å²) in [4.78, 5) is 0.158. The highest BCUT2D eigenvalue weighted by atomic mass is 35.5. The second kappa shape index (κ2) is 8.55. The van der Waals surface area contributed by atoms with E-state index >= 15 is 0 Å². The Morgan fingerprint density at radius 3 is 2.52 bits per heavy atom. The first-order chi connectivity index (χ1) is 9.92. The summed E-state index contributed by atoms with van der Waals surface area (Å²) in [6, 6.07) is 3.00. The summed E-state index contributed by atoms with van der Waals surface area (Å²) < 4.78 is 36.9. The number of ether oxygens (including phenoxy) is 2. The van der Waals surface area contributed by atoms with Gasteiger partial charge >= 0.3 is 0 Å². The van der Waals surface area contributed by atoms with E-state index in [4.69, 9.17) is 21.1 Å². The average Bonchev–Trinajstić information content (AvgIpc) is 2.44. The first-order valence-electron chi connectivity index (χ1n) is 6.46. The van der Waals surface area contributed by atoms with Crippen molar-refractivity contribution in [1.29, 1.82) is 0 Å². The van der Waals surface area contributed by atoms with Gasteiger partial charge in [-0.15, -0.1) is 0 Å². The lowest BCUT2D eigenvalue weighted by Gasteiger charge is -2.12. The maximum atomic E-state index is 12.2. The van der Waals surface area contributed by atoms with E-state index in [0.29, 0.717) is 31.0 Å². The summed E-state index contributed by atoms with van der Waals surface area (Å²) in [5.74, 6) is 0.453. The van der Waals surface area contributed by atoms with Crippen molar-refractivity contribution < 1.29 is 17.9 Å². The molecule has 0 aliphatic rings. The lowest BCUT2D eigenvalue weighted by molar-refractivity contribution is 0.199. The minimum atomic E-state index is -3.59. The number of halogens is 1. The van der Waals surface area contributed by atoms with Gasteiger partial charge in [0.15, 0.2) is 0 Å². The number of hydrogen-bond acceptors (Lipinski definition) is 5. The van der Waals surface area contributed by atoms with Crippen LogP contribution in [0.15, 0.2) is 17.0 Å². The smallest absolute Gasteiger partial charge is 0.240 e. The minimum Gasteiger partial charge on any atom is -0.495 e. The van der Waals surface area contributed by atoms with Crippen molar-refractivity contribution in [2.45, 2.75) is 11.8 Å². The predicted octanol–water partition coefficient (Wildman–Crippen LogP) is 1.17. The molecule has 1 aromatic rings. The largest absolute Gasteiger partial charge is 0.495 e. The fourth-order valence-electron chi connectivity index (χ4n) is 1.73. The third-order valence-electron chi connectivity index (χ3n) is 2.82. The minimum absolute atomic E-state index is 0.158. The van der Waals surface area contributed by atoms with E-state index in [1.54, 1.807) is 20.1 Å². The third kappa shape index (κ3) is 5.44. The van der Waals surface area contributed by atoms with Crippen molar-refractivity contribution >= 4 is 21.6 Å². The first kappa shape index (κ1) is 18.2. The van der Waals surface area contributed by atoms with Crippen molar-refractivity contribution in [3.63, 3.8) is 0 Å². The van der Waals surface area contributed by atoms with Gasteiger partial charge in [-0.25, -0.2) is 13.1 Å². The Hall–Kier alpha value is -0.860. The molecule has 0 bridgehead atoms. The van der Waals surface area contributed by atoms with Gasteiger partial charge in [0.25, 0.3) is 0 Å². The number of hydrogen-bond donors (Lipinski definition) is 2. The molecule has 0 amide bonds. The molecular formula is C13H21ClN2O4S. The van der Waals surface area contributed by atoms with Crippen molar-refractivity contribution in [3.05, 3.63) is 22.7 Å². The summed E-state index contributed by atoms with van der Waals surface area (Å²) in [6.07, 6.45) is 0. The fourth-order valence-corrected chi connectivity index (χ4v) is 3.32. The zero-order chi connectivity index (χ0) is 15.9.